The zero-order chi connectivity index (χ0) is 23.9. The number of ether oxygens (including phenoxy) is 1. The maximum Gasteiger partial charge on any atom is 0.149 e. The maximum absolute atomic E-state index is 5.72. The van der Waals surface area contributed by atoms with E-state index in [2.05, 4.69) is 51.2 Å². The number of hydrogen-bond acceptors (Lipinski definition) is 6. The molecule has 0 atom stereocenters. The van der Waals surface area contributed by atoms with Gasteiger partial charge in [0.2, 0.25) is 0 Å². The van der Waals surface area contributed by atoms with Gasteiger partial charge in [-0.25, -0.2) is 0 Å². The van der Waals surface area contributed by atoms with Gasteiger partial charge in [-0.1, -0.05) is 6.92 Å². The van der Waals surface area contributed by atoms with E-state index in [1.165, 1.54) is 88.7 Å². The predicted molar refractivity (Wildman–Crippen MR) is 138 cm³/mol. The van der Waals surface area contributed by atoms with Crippen molar-refractivity contribution in [2.75, 3.05) is 38.2 Å². The van der Waals surface area contributed by atoms with Gasteiger partial charge in [0.1, 0.15) is 5.82 Å². The lowest BCUT2D eigenvalue weighted by atomic mass is 9.72. The van der Waals surface area contributed by atoms with E-state index in [0.29, 0.717) is 22.8 Å². The second-order valence-corrected chi connectivity index (χ2v) is 12.2. The fourth-order valence-electron chi connectivity index (χ4n) is 6.66. The molecule has 2 aromatic rings. The monoisotopic (exact) mass is 478 g/mol. The highest BCUT2D eigenvalue weighted by Gasteiger charge is 2.40. The van der Waals surface area contributed by atoms with Crippen LogP contribution in [0.2, 0.25) is 0 Å². The molecule has 0 unspecified atom stereocenters. The van der Waals surface area contributed by atoms with E-state index < -0.39 is 0 Å². The third-order valence-corrected chi connectivity index (χ3v) is 9.30. The Bertz CT molecular complexity index is 1010. The Balaban J connectivity index is 1.04. The van der Waals surface area contributed by atoms with Gasteiger partial charge < -0.3 is 15.0 Å². The highest BCUT2D eigenvalue weighted by molar-refractivity contribution is 5.68. The molecule has 2 aliphatic carbocycles. The van der Waals surface area contributed by atoms with Crippen LogP contribution in [0.4, 0.5) is 5.82 Å². The summed E-state index contributed by atoms with van der Waals surface area (Å²) in [5, 5.41) is 17.3. The lowest BCUT2D eigenvalue weighted by molar-refractivity contribution is 0.0461. The highest BCUT2D eigenvalue weighted by Crippen LogP contribution is 2.44. The topological polar surface area (TPSA) is 68.1 Å². The number of nitrogens with zero attached hydrogens (tertiary/aromatic N) is 5. The van der Waals surface area contributed by atoms with E-state index in [9.17, 15) is 0 Å². The van der Waals surface area contributed by atoms with Gasteiger partial charge in [-0.15, -0.1) is 5.10 Å². The normalized spacial score (nSPS) is 29.0. The van der Waals surface area contributed by atoms with Crippen LogP contribution in [0.15, 0.2) is 18.5 Å². The summed E-state index contributed by atoms with van der Waals surface area (Å²) in [4.78, 5) is 2.74. The number of piperidine rings is 1. The molecule has 4 aliphatic rings. The molecule has 2 saturated carbocycles. The molecule has 7 nitrogen and oxygen atoms in total. The lowest BCUT2D eigenvalue weighted by Gasteiger charge is -2.45. The molecule has 2 saturated heterocycles. The zero-order valence-corrected chi connectivity index (χ0v) is 21.6. The quantitative estimate of drug-likeness (QED) is 0.597. The third-order valence-electron chi connectivity index (χ3n) is 9.30. The number of likely N-dealkylation sites (tertiary alicyclic amines) is 1. The van der Waals surface area contributed by atoms with E-state index in [4.69, 9.17) is 9.84 Å². The molecule has 1 N–H and O–H groups in total. The molecule has 35 heavy (non-hydrogen) atoms. The lowest BCUT2D eigenvalue weighted by Crippen LogP contribution is -2.46. The van der Waals surface area contributed by atoms with Gasteiger partial charge in [-0.05, 0) is 94.7 Å². The van der Waals surface area contributed by atoms with Gasteiger partial charge in [0.15, 0.2) is 0 Å². The van der Waals surface area contributed by atoms with Crippen molar-refractivity contribution >= 4 is 5.82 Å². The molecular formula is C28H42N6O. The Kier molecular flexibility index (Phi) is 6.33. The fraction of sp³-hybridized carbons (Fsp3) is 0.750. The number of aryl methyl sites for hydroxylation is 1. The summed E-state index contributed by atoms with van der Waals surface area (Å²) in [6.07, 6.45) is 15.5. The van der Waals surface area contributed by atoms with Gasteiger partial charge in [0.05, 0.1) is 18.5 Å². The summed E-state index contributed by atoms with van der Waals surface area (Å²) in [6, 6.07) is 2.66. The minimum absolute atomic E-state index is 0.427. The number of anilines is 1. The first-order valence-corrected chi connectivity index (χ1v) is 14.0. The molecule has 2 aliphatic heterocycles. The summed E-state index contributed by atoms with van der Waals surface area (Å²) in [5.41, 5.74) is 4.54. The Morgan fingerprint density at radius 2 is 1.89 bits per heavy atom. The number of rotatable bonds is 7. The van der Waals surface area contributed by atoms with Gasteiger partial charge in [-0.3, -0.25) is 4.68 Å². The van der Waals surface area contributed by atoms with Crippen LogP contribution in [0, 0.1) is 10.8 Å². The third kappa shape index (κ3) is 5.12. The number of nitrogens with one attached hydrogen (secondary N) is 1. The maximum atomic E-state index is 5.72. The number of hydrogen-bond donors (Lipinski definition) is 1. The predicted octanol–water partition coefficient (Wildman–Crippen LogP) is 5.10. The molecule has 4 heterocycles. The van der Waals surface area contributed by atoms with E-state index in [-0.39, 0.29) is 0 Å². The minimum Gasteiger partial charge on any atom is -0.381 e. The second-order valence-electron chi connectivity index (χ2n) is 12.2. The first-order valence-electron chi connectivity index (χ1n) is 14.0. The van der Waals surface area contributed by atoms with E-state index in [1.807, 2.05) is 6.20 Å². The fourth-order valence-corrected chi connectivity index (χ4v) is 6.66. The molecule has 0 radical (unpaired) electrons. The Morgan fingerprint density at radius 1 is 1.09 bits per heavy atom. The summed E-state index contributed by atoms with van der Waals surface area (Å²) >= 11 is 0. The second kappa shape index (κ2) is 9.47. The van der Waals surface area contributed by atoms with Crippen LogP contribution in [-0.2, 0) is 11.3 Å². The van der Waals surface area contributed by atoms with Gasteiger partial charge >= 0.3 is 0 Å². The summed E-state index contributed by atoms with van der Waals surface area (Å²) in [7, 11) is 0. The highest BCUT2D eigenvalue weighted by atomic mass is 16.5. The molecule has 6 rings (SSSR count). The van der Waals surface area contributed by atoms with Crippen molar-refractivity contribution in [3.8, 4) is 11.1 Å². The molecule has 0 amide bonds. The summed E-state index contributed by atoms with van der Waals surface area (Å²) in [6.45, 7) is 11.3. The molecule has 190 valence electrons. The average Bonchev–Trinajstić information content (AvgIpc) is 3.46. The van der Waals surface area contributed by atoms with E-state index in [0.717, 1.165) is 31.1 Å². The SMILES string of the molecule is CCn1cc(-c2cnnc(NC3CCC(C)(CN4CCC5(CCOC5)CC4)CC3)c2)c(C2CC2)n1. The van der Waals surface area contributed by atoms with Crippen LogP contribution in [0.1, 0.15) is 83.2 Å². The standard InChI is InChI=1S/C28H42N6O/c1-3-34-18-24(26(32-34)21-4-5-21)22-16-25(31-29-17-22)30-23-6-8-27(2,9-7-23)19-33-13-10-28(11-14-33)12-15-35-20-28/h16-18,21,23H,3-15,19-20H2,1-2H3,(H,30,31). The molecule has 4 fully saturated rings. The van der Waals surface area contributed by atoms with Crippen LogP contribution in [0.3, 0.4) is 0 Å². The number of aromatic nitrogens is 4. The van der Waals surface area contributed by atoms with Crippen LogP contribution in [0.5, 0.6) is 0 Å². The molecule has 2 aromatic heterocycles. The first-order chi connectivity index (χ1) is 17.0. The average molecular weight is 479 g/mol. The van der Waals surface area contributed by atoms with Gasteiger partial charge in [0.25, 0.3) is 0 Å². The van der Waals surface area contributed by atoms with Crippen molar-refractivity contribution in [2.45, 2.75) is 90.1 Å². The van der Waals surface area contributed by atoms with Crippen LogP contribution in [-0.4, -0.2) is 63.8 Å². The van der Waals surface area contributed by atoms with Crippen molar-refractivity contribution in [3.63, 3.8) is 0 Å². The van der Waals surface area contributed by atoms with Crippen molar-refractivity contribution in [1.29, 1.82) is 0 Å². The zero-order valence-electron chi connectivity index (χ0n) is 21.6. The molecule has 7 heteroatoms. The largest absolute Gasteiger partial charge is 0.381 e. The van der Waals surface area contributed by atoms with E-state index >= 15 is 0 Å². The Hall–Kier alpha value is -1.99. The smallest absolute Gasteiger partial charge is 0.149 e. The van der Waals surface area contributed by atoms with Crippen molar-refractivity contribution in [2.24, 2.45) is 10.8 Å². The Morgan fingerprint density at radius 3 is 2.57 bits per heavy atom. The van der Waals surface area contributed by atoms with Crippen LogP contribution < -0.4 is 5.32 Å². The first kappa shape index (κ1) is 23.4. The van der Waals surface area contributed by atoms with E-state index in [1.54, 1.807) is 0 Å². The summed E-state index contributed by atoms with van der Waals surface area (Å²) < 4.78 is 7.78. The van der Waals surface area contributed by atoms with Crippen molar-refractivity contribution in [1.82, 2.24) is 24.9 Å². The van der Waals surface area contributed by atoms with Crippen LogP contribution in [0.25, 0.3) is 11.1 Å². The van der Waals surface area contributed by atoms with Crippen molar-refractivity contribution in [3.05, 3.63) is 24.2 Å². The van der Waals surface area contributed by atoms with Crippen LogP contribution >= 0.6 is 0 Å². The van der Waals surface area contributed by atoms with Crippen molar-refractivity contribution < 1.29 is 4.74 Å². The Labute approximate surface area is 210 Å². The molecule has 0 bridgehead atoms. The van der Waals surface area contributed by atoms with Gasteiger partial charge in [-0.2, -0.15) is 10.2 Å². The summed E-state index contributed by atoms with van der Waals surface area (Å²) in [5.74, 6) is 1.53. The molecular weight excluding hydrogens is 436 g/mol. The molecule has 0 aromatic carbocycles. The minimum atomic E-state index is 0.427. The molecule has 1 spiro atoms. The van der Waals surface area contributed by atoms with Gasteiger partial charge in [0, 0.05) is 49.0 Å².